The molecular formula is C21H21N3O3S. The van der Waals surface area contributed by atoms with Gasteiger partial charge in [0.05, 0.1) is 16.3 Å². The van der Waals surface area contributed by atoms with E-state index in [0.29, 0.717) is 11.3 Å². The maximum Gasteiger partial charge on any atom is 0.269 e. The van der Waals surface area contributed by atoms with Crippen molar-refractivity contribution in [1.29, 1.82) is 0 Å². The minimum atomic E-state index is -3.71. The van der Waals surface area contributed by atoms with Crippen LogP contribution < -0.4 is 14.7 Å². The topological polar surface area (TPSA) is 69.7 Å². The second-order valence-corrected chi connectivity index (χ2v) is 8.14. The number of carbonyl (C=O) groups is 1. The molecule has 0 aliphatic rings. The van der Waals surface area contributed by atoms with Crippen LogP contribution in [0.3, 0.4) is 0 Å². The van der Waals surface area contributed by atoms with Crippen LogP contribution in [0.15, 0.2) is 89.8 Å². The van der Waals surface area contributed by atoms with Crippen LogP contribution in [0.5, 0.6) is 0 Å². The zero-order valence-corrected chi connectivity index (χ0v) is 16.4. The second kappa shape index (κ2) is 8.14. The first-order valence-corrected chi connectivity index (χ1v) is 10.1. The average Bonchev–Trinajstić information content (AvgIpc) is 2.74. The molecule has 0 aliphatic carbocycles. The van der Waals surface area contributed by atoms with Gasteiger partial charge in [-0.2, -0.15) is 0 Å². The molecule has 144 valence electrons. The molecule has 28 heavy (non-hydrogen) atoms. The Kier molecular flexibility index (Phi) is 5.65. The number of anilines is 2. The minimum Gasteiger partial charge on any atom is -0.288 e. The predicted octanol–water partition coefficient (Wildman–Crippen LogP) is 3.29. The Balaban J connectivity index is 1.75. The van der Waals surface area contributed by atoms with Crippen molar-refractivity contribution in [3.8, 4) is 0 Å². The van der Waals surface area contributed by atoms with Gasteiger partial charge in [0.2, 0.25) is 0 Å². The Morgan fingerprint density at radius 3 is 1.79 bits per heavy atom. The maximum absolute atomic E-state index is 12.8. The van der Waals surface area contributed by atoms with E-state index in [0.717, 1.165) is 5.69 Å². The molecule has 0 fully saturated rings. The van der Waals surface area contributed by atoms with Gasteiger partial charge in [0, 0.05) is 19.7 Å². The lowest BCUT2D eigenvalue weighted by molar-refractivity contribution is 0.0951. The molecule has 0 unspecified atom stereocenters. The van der Waals surface area contributed by atoms with Crippen LogP contribution in [0.2, 0.25) is 0 Å². The van der Waals surface area contributed by atoms with Crippen molar-refractivity contribution in [2.45, 2.75) is 4.90 Å². The van der Waals surface area contributed by atoms with Crippen molar-refractivity contribution < 1.29 is 13.2 Å². The van der Waals surface area contributed by atoms with Gasteiger partial charge in [0.15, 0.2) is 0 Å². The van der Waals surface area contributed by atoms with Gasteiger partial charge >= 0.3 is 0 Å². The third-order valence-corrected chi connectivity index (χ3v) is 6.11. The predicted molar refractivity (Wildman–Crippen MR) is 111 cm³/mol. The summed E-state index contributed by atoms with van der Waals surface area (Å²) in [5.74, 6) is -0.327. The van der Waals surface area contributed by atoms with E-state index in [9.17, 15) is 13.2 Å². The smallest absolute Gasteiger partial charge is 0.269 e. The number of para-hydroxylation sites is 2. The molecule has 6 nitrogen and oxygen atoms in total. The summed E-state index contributed by atoms with van der Waals surface area (Å²) < 4.78 is 26.8. The van der Waals surface area contributed by atoms with E-state index in [1.54, 1.807) is 36.3 Å². The molecule has 0 heterocycles. The second-order valence-electron chi connectivity index (χ2n) is 6.17. The van der Waals surface area contributed by atoms with Gasteiger partial charge in [-0.1, -0.05) is 36.4 Å². The standard InChI is InChI=1S/C21H21N3O3S/c1-23(18-9-5-3-6-10-18)22-21(25)17-13-15-20(16-14-17)28(26,27)24(2)19-11-7-4-8-12-19/h3-16H,1-2H3,(H,22,25). The third kappa shape index (κ3) is 4.15. The fourth-order valence-electron chi connectivity index (χ4n) is 2.65. The number of nitrogens with one attached hydrogen (secondary N) is 1. The zero-order chi connectivity index (χ0) is 20.1. The van der Waals surface area contributed by atoms with Gasteiger partial charge in [0.1, 0.15) is 0 Å². The molecule has 3 aromatic carbocycles. The normalized spacial score (nSPS) is 10.9. The van der Waals surface area contributed by atoms with Crippen LogP contribution in [-0.4, -0.2) is 28.4 Å². The molecule has 3 rings (SSSR count). The van der Waals surface area contributed by atoms with Crippen molar-refractivity contribution in [2.75, 3.05) is 23.4 Å². The van der Waals surface area contributed by atoms with Gasteiger partial charge in [0.25, 0.3) is 15.9 Å². The number of nitrogens with zero attached hydrogens (tertiary/aromatic N) is 2. The van der Waals surface area contributed by atoms with E-state index in [1.807, 2.05) is 36.4 Å². The van der Waals surface area contributed by atoms with E-state index in [2.05, 4.69) is 5.43 Å². The number of hydrogen-bond acceptors (Lipinski definition) is 4. The van der Waals surface area contributed by atoms with Gasteiger partial charge < -0.3 is 0 Å². The van der Waals surface area contributed by atoms with Crippen LogP contribution in [-0.2, 0) is 10.0 Å². The molecule has 0 radical (unpaired) electrons. The Morgan fingerprint density at radius 1 is 0.750 bits per heavy atom. The summed E-state index contributed by atoms with van der Waals surface area (Å²) >= 11 is 0. The van der Waals surface area contributed by atoms with Crippen LogP contribution in [0.25, 0.3) is 0 Å². The Morgan fingerprint density at radius 2 is 1.25 bits per heavy atom. The Hall–Kier alpha value is -3.32. The molecule has 0 saturated carbocycles. The van der Waals surface area contributed by atoms with Crippen molar-refractivity contribution in [1.82, 2.24) is 5.43 Å². The summed E-state index contributed by atoms with van der Waals surface area (Å²) in [6.45, 7) is 0. The highest BCUT2D eigenvalue weighted by atomic mass is 32.2. The van der Waals surface area contributed by atoms with E-state index in [4.69, 9.17) is 0 Å². The lowest BCUT2D eigenvalue weighted by Gasteiger charge is -2.21. The quantitative estimate of drug-likeness (QED) is 0.650. The highest BCUT2D eigenvalue weighted by Gasteiger charge is 2.21. The minimum absolute atomic E-state index is 0.117. The Labute approximate surface area is 165 Å². The fourth-order valence-corrected chi connectivity index (χ4v) is 3.84. The number of amides is 1. The number of sulfonamides is 1. The van der Waals surface area contributed by atoms with Crippen LogP contribution in [0.1, 0.15) is 10.4 Å². The molecule has 0 aliphatic heterocycles. The van der Waals surface area contributed by atoms with Crippen molar-refractivity contribution in [2.24, 2.45) is 0 Å². The largest absolute Gasteiger partial charge is 0.288 e. The average molecular weight is 395 g/mol. The SMILES string of the molecule is CN(NC(=O)c1ccc(S(=O)(=O)N(C)c2ccccc2)cc1)c1ccccc1. The molecule has 3 aromatic rings. The molecule has 0 aromatic heterocycles. The Bertz CT molecular complexity index is 1040. The summed E-state index contributed by atoms with van der Waals surface area (Å²) in [7, 11) is -0.472. The summed E-state index contributed by atoms with van der Waals surface area (Å²) in [6.07, 6.45) is 0. The van der Waals surface area contributed by atoms with E-state index in [-0.39, 0.29) is 10.8 Å². The summed E-state index contributed by atoms with van der Waals surface area (Å²) in [6, 6.07) is 24.1. The molecule has 0 spiro atoms. The molecule has 0 atom stereocenters. The lowest BCUT2D eigenvalue weighted by Crippen LogP contribution is -2.39. The number of rotatable bonds is 6. The highest BCUT2D eigenvalue weighted by molar-refractivity contribution is 7.92. The van der Waals surface area contributed by atoms with Crippen LogP contribution in [0, 0.1) is 0 Å². The van der Waals surface area contributed by atoms with Crippen molar-refractivity contribution in [3.63, 3.8) is 0 Å². The molecule has 0 bridgehead atoms. The first-order valence-electron chi connectivity index (χ1n) is 8.63. The zero-order valence-electron chi connectivity index (χ0n) is 15.6. The molecule has 7 heteroatoms. The maximum atomic E-state index is 12.8. The third-order valence-electron chi connectivity index (χ3n) is 4.31. The first-order chi connectivity index (χ1) is 13.4. The van der Waals surface area contributed by atoms with E-state index in [1.165, 1.54) is 35.6 Å². The summed E-state index contributed by atoms with van der Waals surface area (Å²) in [5, 5.41) is 1.61. The van der Waals surface area contributed by atoms with Crippen LogP contribution >= 0.6 is 0 Å². The van der Waals surface area contributed by atoms with Crippen molar-refractivity contribution in [3.05, 3.63) is 90.5 Å². The summed E-state index contributed by atoms with van der Waals surface area (Å²) in [5.41, 5.74) is 4.52. The number of hydrazine groups is 1. The number of carbonyl (C=O) groups excluding carboxylic acids is 1. The molecule has 1 amide bonds. The van der Waals surface area contributed by atoms with Gasteiger partial charge in [-0.15, -0.1) is 0 Å². The van der Waals surface area contributed by atoms with Crippen LogP contribution in [0.4, 0.5) is 11.4 Å². The lowest BCUT2D eigenvalue weighted by atomic mass is 10.2. The van der Waals surface area contributed by atoms with Gasteiger partial charge in [-0.25, -0.2) is 8.42 Å². The fraction of sp³-hybridized carbons (Fsp3) is 0.0952. The summed E-state index contributed by atoms with van der Waals surface area (Å²) in [4.78, 5) is 12.5. The highest BCUT2D eigenvalue weighted by Crippen LogP contribution is 2.22. The van der Waals surface area contributed by atoms with Gasteiger partial charge in [-0.05, 0) is 48.5 Å². The number of hydrogen-bond donors (Lipinski definition) is 1. The molecule has 0 saturated heterocycles. The molecular weight excluding hydrogens is 374 g/mol. The van der Waals surface area contributed by atoms with Gasteiger partial charge in [-0.3, -0.25) is 19.5 Å². The first kappa shape index (κ1) is 19.4. The van der Waals surface area contributed by atoms with E-state index >= 15 is 0 Å². The van der Waals surface area contributed by atoms with Crippen molar-refractivity contribution >= 4 is 27.3 Å². The molecule has 1 N–H and O–H groups in total. The number of benzene rings is 3. The van der Waals surface area contributed by atoms with E-state index < -0.39 is 10.0 Å². The monoisotopic (exact) mass is 395 g/mol.